The second kappa shape index (κ2) is 7.28. The molecule has 3 aromatic rings. The van der Waals surface area contributed by atoms with Gasteiger partial charge in [-0.25, -0.2) is 0 Å². The van der Waals surface area contributed by atoms with E-state index in [0.29, 0.717) is 5.92 Å². The lowest BCUT2D eigenvalue weighted by Gasteiger charge is -2.26. The third kappa shape index (κ3) is 3.10. The number of hydrogen-bond donors (Lipinski definition) is 0. The minimum atomic E-state index is -0.213. The Hall–Kier alpha value is -3.06. The van der Waals surface area contributed by atoms with Gasteiger partial charge in [0.15, 0.2) is 0 Å². The number of nitrogens with zero attached hydrogens (tertiary/aromatic N) is 3. The van der Waals surface area contributed by atoms with Crippen LogP contribution < -0.4 is 10.5 Å². The quantitative estimate of drug-likeness (QED) is 0.691. The summed E-state index contributed by atoms with van der Waals surface area (Å²) in [6.07, 6.45) is 3.21. The first-order valence-corrected chi connectivity index (χ1v) is 9.52. The van der Waals surface area contributed by atoms with Gasteiger partial charge >= 0.3 is 0 Å². The molecular formula is C23H23N3O. The van der Waals surface area contributed by atoms with Gasteiger partial charge in [-0.05, 0) is 36.8 Å². The molecule has 4 heteroatoms. The average Bonchev–Trinajstić information content (AvgIpc) is 2.97. The van der Waals surface area contributed by atoms with E-state index in [0.717, 1.165) is 48.9 Å². The van der Waals surface area contributed by atoms with E-state index in [4.69, 9.17) is 0 Å². The molecule has 2 aromatic carbocycles. The molecule has 1 atom stereocenters. The number of para-hydroxylation sites is 1. The fourth-order valence-corrected chi connectivity index (χ4v) is 4.29. The predicted molar refractivity (Wildman–Crippen MR) is 109 cm³/mol. The van der Waals surface area contributed by atoms with Crippen molar-refractivity contribution in [1.29, 1.82) is 5.26 Å². The van der Waals surface area contributed by atoms with Crippen molar-refractivity contribution < 1.29 is 0 Å². The van der Waals surface area contributed by atoms with E-state index in [9.17, 15) is 10.1 Å². The SMILES string of the molecule is Cn1c(=O)c(C#N)c(N2CCCC(c3ccccc3)CC2)c2ccccc21. The number of anilines is 1. The molecule has 1 aliphatic heterocycles. The number of nitriles is 1. The molecule has 4 nitrogen and oxygen atoms in total. The Bertz CT molecular complexity index is 1060. The van der Waals surface area contributed by atoms with Crippen molar-refractivity contribution >= 4 is 16.6 Å². The number of rotatable bonds is 2. The van der Waals surface area contributed by atoms with E-state index in [2.05, 4.69) is 41.3 Å². The molecular weight excluding hydrogens is 334 g/mol. The molecule has 0 amide bonds. The third-order valence-electron chi connectivity index (χ3n) is 5.70. The van der Waals surface area contributed by atoms with Crippen molar-refractivity contribution in [3.63, 3.8) is 0 Å². The summed E-state index contributed by atoms with van der Waals surface area (Å²) in [7, 11) is 1.74. The highest BCUT2D eigenvalue weighted by atomic mass is 16.1. The zero-order valence-corrected chi connectivity index (χ0v) is 15.6. The minimum Gasteiger partial charge on any atom is -0.370 e. The molecule has 27 heavy (non-hydrogen) atoms. The molecule has 1 aromatic heterocycles. The Morgan fingerprint density at radius 3 is 2.52 bits per heavy atom. The summed E-state index contributed by atoms with van der Waals surface area (Å²) in [5.74, 6) is 0.527. The van der Waals surface area contributed by atoms with Crippen LogP contribution in [0.2, 0.25) is 0 Å². The predicted octanol–water partition coefficient (Wildman–Crippen LogP) is 4.18. The van der Waals surface area contributed by atoms with Crippen LogP contribution in [-0.2, 0) is 7.05 Å². The smallest absolute Gasteiger partial charge is 0.270 e. The summed E-state index contributed by atoms with van der Waals surface area (Å²) in [5, 5.41) is 10.7. The Morgan fingerprint density at radius 1 is 1.00 bits per heavy atom. The summed E-state index contributed by atoms with van der Waals surface area (Å²) in [6, 6.07) is 20.7. The van der Waals surface area contributed by atoms with Gasteiger partial charge in [0.05, 0.1) is 11.2 Å². The molecule has 4 rings (SSSR count). The topological polar surface area (TPSA) is 49.0 Å². The van der Waals surface area contributed by atoms with Gasteiger partial charge in [0.2, 0.25) is 0 Å². The van der Waals surface area contributed by atoms with E-state index in [1.165, 1.54) is 5.56 Å². The molecule has 1 unspecified atom stereocenters. The number of benzene rings is 2. The number of fused-ring (bicyclic) bond motifs is 1. The van der Waals surface area contributed by atoms with Crippen LogP contribution in [0.3, 0.4) is 0 Å². The van der Waals surface area contributed by atoms with Gasteiger partial charge in [-0.2, -0.15) is 5.26 Å². The van der Waals surface area contributed by atoms with E-state index in [1.54, 1.807) is 11.6 Å². The monoisotopic (exact) mass is 357 g/mol. The average molecular weight is 357 g/mol. The van der Waals surface area contributed by atoms with Crippen LogP contribution in [0.1, 0.15) is 36.3 Å². The van der Waals surface area contributed by atoms with Crippen molar-refractivity contribution in [2.45, 2.75) is 25.2 Å². The summed E-state index contributed by atoms with van der Waals surface area (Å²) < 4.78 is 1.59. The normalized spacial score (nSPS) is 17.5. The number of hydrogen-bond acceptors (Lipinski definition) is 3. The van der Waals surface area contributed by atoms with Gasteiger partial charge in [-0.1, -0.05) is 48.5 Å². The fourth-order valence-electron chi connectivity index (χ4n) is 4.29. The second-order valence-corrected chi connectivity index (χ2v) is 7.24. The molecule has 0 N–H and O–H groups in total. The zero-order chi connectivity index (χ0) is 18.8. The Morgan fingerprint density at radius 2 is 1.74 bits per heavy atom. The van der Waals surface area contributed by atoms with Crippen molar-refractivity contribution in [1.82, 2.24) is 4.57 Å². The van der Waals surface area contributed by atoms with E-state index >= 15 is 0 Å². The molecule has 1 saturated heterocycles. The molecule has 0 saturated carbocycles. The Labute approximate surface area is 159 Å². The lowest BCUT2D eigenvalue weighted by Crippen LogP contribution is -2.30. The summed E-state index contributed by atoms with van der Waals surface area (Å²) in [5.41, 5.74) is 3.11. The van der Waals surface area contributed by atoms with Crippen molar-refractivity contribution in [3.05, 3.63) is 76.1 Å². The summed E-state index contributed by atoms with van der Waals surface area (Å²) >= 11 is 0. The molecule has 2 heterocycles. The standard InChI is InChI=1S/C23H23N3O/c1-25-21-12-6-5-11-19(21)22(20(16-24)23(25)27)26-14-7-10-18(13-15-26)17-8-3-2-4-9-17/h2-6,8-9,11-12,18H,7,10,13-15H2,1H3. The lowest BCUT2D eigenvalue weighted by molar-refractivity contribution is 0.612. The van der Waals surface area contributed by atoms with Crippen LogP contribution in [0.4, 0.5) is 5.69 Å². The number of aryl methyl sites for hydroxylation is 1. The highest BCUT2D eigenvalue weighted by Gasteiger charge is 2.24. The van der Waals surface area contributed by atoms with Crippen molar-refractivity contribution in [2.24, 2.45) is 7.05 Å². The maximum atomic E-state index is 12.8. The third-order valence-corrected chi connectivity index (χ3v) is 5.70. The Kier molecular flexibility index (Phi) is 4.68. The highest BCUT2D eigenvalue weighted by Crippen LogP contribution is 2.33. The second-order valence-electron chi connectivity index (χ2n) is 7.24. The first-order chi connectivity index (χ1) is 13.2. The molecule has 136 valence electrons. The Balaban J connectivity index is 1.76. The molecule has 0 spiro atoms. The number of pyridine rings is 1. The minimum absolute atomic E-state index is 0.213. The van der Waals surface area contributed by atoms with Gasteiger partial charge in [0, 0.05) is 25.5 Å². The largest absolute Gasteiger partial charge is 0.370 e. The van der Waals surface area contributed by atoms with Gasteiger partial charge < -0.3 is 9.47 Å². The zero-order valence-electron chi connectivity index (χ0n) is 15.6. The van der Waals surface area contributed by atoms with Gasteiger partial charge in [-0.3, -0.25) is 4.79 Å². The summed E-state index contributed by atoms with van der Waals surface area (Å²) in [6.45, 7) is 1.72. The summed E-state index contributed by atoms with van der Waals surface area (Å²) in [4.78, 5) is 15.0. The van der Waals surface area contributed by atoms with Crippen molar-refractivity contribution in [3.8, 4) is 6.07 Å². The molecule has 0 radical (unpaired) electrons. The molecule has 0 bridgehead atoms. The fraction of sp³-hybridized carbons (Fsp3) is 0.304. The van der Waals surface area contributed by atoms with E-state index in [-0.39, 0.29) is 11.1 Å². The first-order valence-electron chi connectivity index (χ1n) is 9.52. The van der Waals surface area contributed by atoms with Crippen LogP contribution in [0.15, 0.2) is 59.4 Å². The lowest BCUT2D eigenvalue weighted by atomic mass is 9.92. The van der Waals surface area contributed by atoms with Crippen LogP contribution in [-0.4, -0.2) is 17.7 Å². The van der Waals surface area contributed by atoms with Gasteiger partial charge in [0.25, 0.3) is 5.56 Å². The van der Waals surface area contributed by atoms with Gasteiger partial charge in [0.1, 0.15) is 11.6 Å². The van der Waals surface area contributed by atoms with Crippen LogP contribution >= 0.6 is 0 Å². The van der Waals surface area contributed by atoms with Crippen LogP contribution in [0, 0.1) is 11.3 Å². The van der Waals surface area contributed by atoms with Crippen LogP contribution in [0.5, 0.6) is 0 Å². The molecule has 1 aliphatic rings. The molecule has 0 aliphatic carbocycles. The number of aromatic nitrogens is 1. The maximum Gasteiger partial charge on any atom is 0.270 e. The molecule has 1 fully saturated rings. The first kappa shape index (κ1) is 17.4. The maximum absolute atomic E-state index is 12.8. The van der Waals surface area contributed by atoms with Crippen LogP contribution in [0.25, 0.3) is 10.9 Å². The van der Waals surface area contributed by atoms with Crippen molar-refractivity contribution in [2.75, 3.05) is 18.0 Å². The van der Waals surface area contributed by atoms with Gasteiger partial charge in [-0.15, -0.1) is 0 Å². The van der Waals surface area contributed by atoms with E-state index in [1.807, 2.05) is 24.3 Å². The van der Waals surface area contributed by atoms with E-state index < -0.39 is 0 Å². The highest BCUT2D eigenvalue weighted by molar-refractivity contribution is 5.94.